The molecular formula is C10H18Cl2O2. The van der Waals surface area contributed by atoms with E-state index in [-0.39, 0.29) is 5.38 Å². The van der Waals surface area contributed by atoms with Gasteiger partial charge in [0.1, 0.15) is 6.10 Å². The first kappa shape index (κ1) is 14.2. The third-order valence-corrected chi connectivity index (χ3v) is 2.71. The Balaban J connectivity index is 3.84. The van der Waals surface area contributed by atoms with E-state index in [4.69, 9.17) is 27.9 Å². The number of alkyl halides is 1. The van der Waals surface area contributed by atoms with Gasteiger partial charge in [-0.3, -0.25) is 4.79 Å². The highest BCUT2D eigenvalue weighted by molar-refractivity contribution is 6.64. The minimum Gasteiger partial charge on any atom is -0.369 e. The maximum Gasteiger partial charge on any atom is 0.250 e. The maximum atomic E-state index is 11.0. The molecule has 14 heavy (non-hydrogen) atoms. The monoisotopic (exact) mass is 240 g/mol. The van der Waals surface area contributed by atoms with Gasteiger partial charge in [-0.25, -0.2) is 0 Å². The van der Waals surface area contributed by atoms with Crippen LogP contribution in [0.3, 0.4) is 0 Å². The van der Waals surface area contributed by atoms with Crippen LogP contribution in [-0.4, -0.2) is 23.3 Å². The fraction of sp³-hybridized carbons (Fsp3) is 0.900. The van der Waals surface area contributed by atoms with Crippen molar-refractivity contribution in [1.29, 1.82) is 0 Å². The maximum absolute atomic E-state index is 11.0. The smallest absolute Gasteiger partial charge is 0.250 e. The van der Waals surface area contributed by atoms with Crippen LogP contribution in [0.1, 0.15) is 39.5 Å². The summed E-state index contributed by atoms with van der Waals surface area (Å²) in [6, 6.07) is 0. The summed E-state index contributed by atoms with van der Waals surface area (Å²) in [7, 11) is 0. The van der Waals surface area contributed by atoms with Gasteiger partial charge >= 0.3 is 0 Å². The lowest BCUT2D eigenvalue weighted by Gasteiger charge is -2.15. The number of hydrogen-bond acceptors (Lipinski definition) is 2. The van der Waals surface area contributed by atoms with Crippen LogP contribution in [0.15, 0.2) is 0 Å². The van der Waals surface area contributed by atoms with Gasteiger partial charge in [0.15, 0.2) is 0 Å². The number of ether oxygens (including phenoxy) is 1. The average molecular weight is 241 g/mol. The summed E-state index contributed by atoms with van der Waals surface area (Å²) < 4.78 is 5.35. The average Bonchev–Trinajstić information content (AvgIpc) is 2.16. The molecule has 0 aliphatic heterocycles. The lowest BCUT2D eigenvalue weighted by atomic mass is 10.1. The zero-order valence-corrected chi connectivity index (χ0v) is 10.3. The molecule has 2 nitrogen and oxygen atoms in total. The Labute approximate surface area is 95.9 Å². The Hall–Kier alpha value is 0.210. The fourth-order valence-electron chi connectivity index (χ4n) is 0.995. The van der Waals surface area contributed by atoms with E-state index in [0.717, 1.165) is 19.3 Å². The summed E-state index contributed by atoms with van der Waals surface area (Å²) in [4.78, 5) is 11.0. The van der Waals surface area contributed by atoms with Crippen LogP contribution in [-0.2, 0) is 9.53 Å². The first-order valence-corrected chi connectivity index (χ1v) is 5.88. The van der Waals surface area contributed by atoms with E-state index >= 15 is 0 Å². The molecule has 0 aromatic rings. The van der Waals surface area contributed by atoms with E-state index < -0.39 is 11.3 Å². The third-order valence-electron chi connectivity index (χ3n) is 1.98. The highest BCUT2D eigenvalue weighted by Gasteiger charge is 2.19. The van der Waals surface area contributed by atoms with Crippen LogP contribution in [0.5, 0.6) is 0 Å². The summed E-state index contributed by atoms with van der Waals surface area (Å²) in [5.41, 5.74) is 0. The lowest BCUT2D eigenvalue weighted by molar-refractivity contribution is -0.122. The van der Waals surface area contributed by atoms with Crippen molar-refractivity contribution < 1.29 is 9.53 Å². The van der Waals surface area contributed by atoms with Crippen molar-refractivity contribution in [2.24, 2.45) is 0 Å². The van der Waals surface area contributed by atoms with Crippen molar-refractivity contribution in [3.8, 4) is 0 Å². The van der Waals surface area contributed by atoms with Crippen LogP contribution < -0.4 is 0 Å². The van der Waals surface area contributed by atoms with Crippen LogP contribution in [0, 0.1) is 0 Å². The van der Waals surface area contributed by atoms with Gasteiger partial charge in [-0.05, 0) is 30.9 Å². The Bertz CT molecular complexity index is 162. The molecule has 2 unspecified atom stereocenters. The molecule has 0 saturated heterocycles. The Kier molecular flexibility index (Phi) is 8.64. The number of halogens is 2. The molecular weight excluding hydrogens is 223 g/mol. The molecule has 0 rings (SSSR count). The van der Waals surface area contributed by atoms with Crippen molar-refractivity contribution >= 4 is 28.4 Å². The summed E-state index contributed by atoms with van der Waals surface area (Å²) in [6.45, 7) is 4.61. The second-order valence-corrected chi connectivity index (χ2v) is 4.25. The number of carbonyl (C=O) groups is 1. The van der Waals surface area contributed by atoms with Gasteiger partial charge in [-0.1, -0.05) is 20.3 Å². The number of rotatable bonds is 8. The van der Waals surface area contributed by atoms with Crippen LogP contribution >= 0.6 is 23.2 Å². The second-order valence-electron chi connectivity index (χ2n) is 3.26. The first-order chi connectivity index (χ1) is 6.61. The number of carbonyl (C=O) groups excluding carboxylic acids is 1. The molecule has 4 heteroatoms. The molecule has 0 heterocycles. The van der Waals surface area contributed by atoms with Crippen LogP contribution in [0.4, 0.5) is 0 Å². The quantitative estimate of drug-likeness (QED) is 0.370. The van der Waals surface area contributed by atoms with E-state index in [1.807, 2.05) is 6.92 Å². The molecule has 0 N–H and O–H groups in total. The fourth-order valence-corrected chi connectivity index (χ4v) is 1.31. The van der Waals surface area contributed by atoms with Crippen LogP contribution in [0.25, 0.3) is 0 Å². The molecule has 0 fully saturated rings. The molecule has 0 aliphatic carbocycles. The molecule has 0 aliphatic rings. The van der Waals surface area contributed by atoms with Gasteiger partial charge in [0.05, 0.1) is 0 Å². The van der Waals surface area contributed by atoms with Crippen molar-refractivity contribution in [2.45, 2.75) is 51.0 Å². The Morgan fingerprint density at radius 3 is 2.50 bits per heavy atom. The molecule has 2 atom stereocenters. The van der Waals surface area contributed by atoms with Crippen molar-refractivity contribution in [2.75, 3.05) is 6.61 Å². The van der Waals surface area contributed by atoms with Gasteiger partial charge in [0.2, 0.25) is 0 Å². The molecule has 0 spiro atoms. The predicted octanol–water partition coefficient (Wildman–Crippen LogP) is 3.34. The summed E-state index contributed by atoms with van der Waals surface area (Å²) in [6.07, 6.45) is 2.77. The van der Waals surface area contributed by atoms with Gasteiger partial charge in [-0.15, -0.1) is 11.6 Å². The van der Waals surface area contributed by atoms with Gasteiger partial charge in [0.25, 0.3) is 5.24 Å². The van der Waals surface area contributed by atoms with Gasteiger partial charge < -0.3 is 4.74 Å². The van der Waals surface area contributed by atoms with Crippen molar-refractivity contribution in [3.63, 3.8) is 0 Å². The lowest BCUT2D eigenvalue weighted by Crippen LogP contribution is -2.24. The Morgan fingerprint density at radius 2 is 2.07 bits per heavy atom. The molecule has 0 radical (unpaired) electrons. The largest absolute Gasteiger partial charge is 0.369 e. The highest BCUT2D eigenvalue weighted by Crippen LogP contribution is 2.14. The van der Waals surface area contributed by atoms with Crippen molar-refractivity contribution in [3.05, 3.63) is 0 Å². The topological polar surface area (TPSA) is 26.3 Å². The molecule has 0 bridgehead atoms. The standard InChI is InChI=1S/C10H18Cl2O2/c1-3-5-6-14-9(10(12)13)7-8(11)4-2/h8-9H,3-7H2,1-2H3. The Morgan fingerprint density at radius 1 is 1.43 bits per heavy atom. The zero-order valence-electron chi connectivity index (χ0n) is 8.76. The molecule has 0 aromatic heterocycles. The number of hydrogen-bond donors (Lipinski definition) is 0. The first-order valence-electron chi connectivity index (χ1n) is 5.06. The van der Waals surface area contributed by atoms with E-state index in [9.17, 15) is 4.79 Å². The second kappa shape index (κ2) is 8.51. The molecule has 0 aromatic carbocycles. The van der Waals surface area contributed by atoms with E-state index in [1.54, 1.807) is 0 Å². The van der Waals surface area contributed by atoms with E-state index in [1.165, 1.54) is 0 Å². The predicted molar refractivity (Wildman–Crippen MR) is 60.1 cm³/mol. The van der Waals surface area contributed by atoms with Crippen molar-refractivity contribution in [1.82, 2.24) is 0 Å². The third kappa shape index (κ3) is 6.63. The van der Waals surface area contributed by atoms with Gasteiger partial charge in [-0.2, -0.15) is 0 Å². The summed E-state index contributed by atoms with van der Waals surface area (Å²) >= 11 is 11.3. The van der Waals surface area contributed by atoms with Crippen LogP contribution in [0.2, 0.25) is 0 Å². The number of unbranched alkanes of at least 4 members (excludes halogenated alkanes) is 1. The normalized spacial score (nSPS) is 15.1. The van der Waals surface area contributed by atoms with E-state index in [2.05, 4.69) is 6.92 Å². The molecule has 0 amide bonds. The minimum atomic E-state index is -0.536. The zero-order chi connectivity index (χ0) is 11.0. The SMILES string of the molecule is CCCCOC(CC(Cl)CC)C(=O)Cl. The molecule has 84 valence electrons. The summed E-state index contributed by atoms with van der Waals surface area (Å²) in [5.74, 6) is 0. The molecule has 0 saturated carbocycles. The summed E-state index contributed by atoms with van der Waals surface area (Å²) in [5, 5.41) is -0.482. The van der Waals surface area contributed by atoms with E-state index in [0.29, 0.717) is 13.0 Å². The highest BCUT2D eigenvalue weighted by atomic mass is 35.5. The van der Waals surface area contributed by atoms with Gasteiger partial charge in [0, 0.05) is 12.0 Å². The minimum absolute atomic E-state index is 0.0377.